The van der Waals surface area contributed by atoms with Gasteiger partial charge >= 0.3 is 0 Å². The maximum atomic E-state index is 11.9. The molecule has 0 atom stereocenters. The maximum Gasteiger partial charge on any atom is 0.257 e. The number of nitrogens with one attached hydrogen (secondary N) is 1. The van der Waals surface area contributed by atoms with E-state index in [0.29, 0.717) is 11.3 Å². The third kappa shape index (κ3) is 3.76. The van der Waals surface area contributed by atoms with E-state index in [9.17, 15) is 9.90 Å². The van der Waals surface area contributed by atoms with Crippen molar-refractivity contribution in [2.24, 2.45) is 0 Å². The van der Waals surface area contributed by atoms with Gasteiger partial charge in [-0.15, -0.1) is 0 Å². The van der Waals surface area contributed by atoms with Gasteiger partial charge in [0.2, 0.25) is 0 Å². The number of carbonyl (C=O) groups is 1. The van der Waals surface area contributed by atoms with E-state index >= 15 is 0 Å². The minimum Gasteiger partial charge on any atom is -0.322 e. The fraction of sp³-hybridized carbons (Fsp3) is 0.0667. The Bertz CT molecular complexity index is 580. The molecule has 1 radical (unpaired) electrons. The molecule has 0 aliphatic heterocycles. The third-order valence-corrected chi connectivity index (χ3v) is 2.47. The largest absolute Gasteiger partial charge is 0.322 e. The number of benzene rings is 1. The average Bonchev–Trinajstić information content (AvgIpc) is 2.46. The van der Waals surface area contributed by atoms with Gasteiger partial charge in [0.1, 0.15) is 6.61 Å². The molecule has 1 aromatic heterocycles. The van der Waals surface area contributed by atoms with Crippen LogP contribution in [0.15, 0.2) is 54.9 Å². The number of amides is 1. The van der Waals surface area contributed by atoms with E-state index in [1.165, 1.54) is 12.3 Å². The summed E-state index contributed by atoms with van der Waals surface area (Å²) >= 11 is 0. The Morgan fingerprint density at radius 1 is 1.26 bits per heavy atom. The van der Waals surface area contributed by atoms with Crippen LogP contribution in [-0.2, 0) is 5.11 Å². The van der Waals surface area contributed by atoms with Crippen molar-refractivity contribution < 1.29 is 9.90 Å². The zero-order chi connectivity index (χ0) is 13.5. The van der Waals surface area contributed by atoms with Crippen LogP contribution in [0, 0.1) is 0 Å². The van der Waals surface area contributed by atoms with E-state index in [2.05, 4.69) is 10.3 Å². The molecular formula is C15H13N2O2. The van der Waals surface area contributed by atoms with Crippen molar-refractivity contribution >= 4 is 17.7 Å². The lowest BCUT2D eigenvalue weighted by atomic mass is 10.2. The molecular weight excluding hydrogens is 240 g/mol. The Hall–Kier alpha value is -2.46. The van der Waals surface area contributed by atoms with Crippen LogP contribution in [0.4, 0.5) is 5.69 Å². The topological polar surface area (TPSA) is 61.9 Å². The summed E-state index contributed by atoms with van der Waals surface area (Å²) < 4.78 is 0. The summed E-state index contributed by atoms with van der Waals surface area (Å²) in [6, 6.07) is 10.7. The van der Waals surface area contributed by atoms with Crippen molar-refractivity contribution in [3.63, 3.8) is 0 Å². The fourth-order valence-electron chi connectivity index (χ4n) is 1.60. The van der Waals surface area contributed by atoms with Crippen molar-refractivity contribution in [1.82, 2.24) is 4.98 Å². The van der Waals surface area contributed by atoms with Gasteiger partial charge in [0, 0.05) is 18.1 Å². The number of hydrogen-bond acceptors (Lipinski definition) is 2. The molecule has 0 bridgehead atoms. The Morgan fingerprint density at radius 3 is 2.89 bits per heavy atom. The van der Waals surface area contributed by atoms with Crippen LogP contribution in [0.2, 0.25) is 0 Å². The first kappa shape index (κ1) is 13.0. The van der Waals surface area contributed by atoms with Crippen molar-refractivity contribution in [3.8, 4) is 0 Å². The first-order chi connectivity index (χ1) is 9.29. The van der Waals surface area contributed by atoms with E-state index in [0.717, 1.165) is 5.56 Å². The maximum absolute atomic E-state index is 11.9. The standard InChI is InChI=1S/C15H13N2O2/c18-9-3-5-12-4-1-7-14(10-12)17-15(19)13-6-2-8-16-11-13/h1-8,10-11H,9H2,(H,17,19). The molecule has 1 amide bonds. The van der Waals surface area contributed by atoms with Gasteiger partial charge in [-0.2, -0.15) is 0 Å². The third-order valence-electron chi connectivity index (χ3n) is 2.47. The van der Waals surface area contributed by atoms with Gasteiger partial charge in [0.25, 0.3) is 5.91 Å². The molecule has 4 heteroatoms. The van der Waals surface area contributed by atoms with Gasteiger partial charge in [0.15, 0.2) is 0 Å². The predicted molar refractivity (Wildman–Crippen MR) is 73.2 cm³/mol. The summed E-state index contributed by atoms with van der Waals surface area (Å²) in [4.78, 5) is 15.8. The predicted octanol–water partition coefficient (Wildman–Crippen LogP) is 2.78. The number of nitrogens with zero attached hydrogens (tertiary/aromatic N) is 1. The minimum atomic E-state index is -0.258. The lowest BCUT2D eigenvalue weighted by Gasteiger charge is -2.05. The lowest BCUT2D eigenvalue weighted by molar-refractivity contribution is 0.102. The van der Waals surface area contributed by atoms with Gasteiger partial charge in [-0.25, -0.2) is 5.11 Å². The SMILES string of the molecule is [O]CC=Cc1cccc(NC(=O)c2cccnc2)c1. The normalized spacial score (nSPS) is 10.6. The molecule has 1 heterocycles. The van der Waals surface area contributed by atoms with Crippen LogP contribution < -0.4 is 5.32 Å². The Kier molecular flexibility index (Phi) is 4.42. The molecule has 19 heavy (non-hydrogen) atoms. The number of anilines is 1. The molecule has 0 saturated heterocycles. The van der Waals surface area contributed by atoms with Crippen molar-refractivity contribution in [1.29, 1.82) is 0 Å². The van der Waals surface area contributed by atoms with E-state index in [1.54, 1.807) is 36.5 Å². The summed E-state index contributed by atoms with van der Waals surface area (Å²) in [5, 5.41) is 13.2. The monoisotopic (exact) mass is 253 g/mol. The molecule has 1 N–H and O–H groups in total. The van der Waals surface area contributed by atoms with Crippen LogP contribution in [0.25, 0.3) is 6.08 Å². The lowest BCUT2D eigenvalue weighted by Crippen LogP contribution is -2.11. The highest BCUT2D eigenvalue weighted by Gasteiger charge is 2.05. The summed E-state index contributed by atoms with van der Waals surface area (Å²) in [5.74, 6) is -0.210. The molecule has 2 rings (SSSR count). The average molecular weight is 253 g/mol. The molecule has 95 valence electrons. The highest BCUT2D eigenvalue weighted by Crippen LogP contribution is 2.13. The molecule has 0 saturated carbocycles. The fourth-order valence-corrected chi connectivity index (χ4v) is 1.60. The number of hydrogen-bond donors (Lipinski definition) is 1. The smallest absolute Gasteiger partial charge is 0.257 e. The zero-order valence-corrected chi connectivity index (χ0v) is 10.2. The first-order valence-corrected chi connectivity index (χ1v) is 5.85. The minimum absolute atomic E-state index is 0.210. The molecule has 0 spiro atoms. The van der Waals surface area contributed by atoms with E-state index in [4.69, 9.17) is 0 Å². The first-order valence-electron chi connectivity index (χ1n) is 5.85. The summed E-state index contributed by atoms with van der Waals surface area (Å²) in [6.07, 6.45) is 6.39. The molecule has 0 aliphatic rings. The zero-order valence-electron chi connectivity index (χ0n) is 10.2. The number of pyridine rings is 1. The Balaban J connectivity index is 2.11. The van der Waals surface area contributed by atoms with Crippen molar-refractivity contribution in [3.05, 3.63) is 66.0 Å². The number of aromatic nitrogens is 1. The van der Waals surface area contributed by atoms with Gasteiger partial charge in [-0.3, -0.25) is 9.78 Å². The quantitative estimate of drug-likeness (QED) is 0.910. The number of carbonyl (C=O) groups excluding carboxylic acids is 1. The van der Waals surface area contributed by atoms with Gasteiger partial charge in [-0.05, 0) is 29.8 Å². The van der Waals surface area contributed by atoms with Crippen LogP contribution >= 0.6 is 0 Å². The Morgan fingerprint density at radius 2 is 2.16 bits per heavy atom. The van der Waals surface area contributed by atoms with Gasteiger partial charge in [-0.1, -0.05) is 24.3 Å². The number of rotatable bonds is 4. The van der Waals surface area contributed by atoms with Crippen LogP contribution in [0.1, 0.15) is 15.9 Å². The molecule has 4 nitrogen and oxygen atoms in total. The van der Waals surface area contributed by atoms with E-state index in [1.807, 2.05) is 12.1 Å². The summed E-state index contributed by atoms with van der Waals surface area (Å²) in [5.41, 5.74) is 2.06. The van der Waals surface area contributed by atoms with E-state index in [-0.39, 0.29) is 12.5 Å². The van der Waals surface area contributed by atoms with Crippen molar-refractivity contribution in [2.75, 3.05) is 11.9 Å². The molecule has 0 unspecified atom stereocenters. The second-order valence-electron chi connectivity index (χ2n) is 3.89. The second kappa shape index (κ2) is 6.47. The summed E-state index contributed by atoms with van der Waals surface area (Å²) in [7, 11) is 0. The Labute approximate surface area is 111 Å². The van der Waals surface area contributed by atoms with Crippen molar-refractivity contribution in [2.45, 2.75) is 0 Å². The molecule has 2 aromatic rings. The highest BCUT2D eigenvalue weighted by molar-refractivity contribution is 6.04. The van der Waals surface area contributed by atoms with Gasteiger partial charge in [0.05, 0.1) is 5.56 Å². The second-order valence-corrected chi connectivity index (χ2v) is 3.89. The van der Waals surface area contributed by atoms with Crippen LogP contribution in [0.5, 0.6) is 0 Å². The molecule has 1 aromatic carbocycles. The summed E-state index contributed by atoms with van der Waals surface area (Å²) in [6.45, 7) is -0.258. The molecule has 0 aliphatic carbocycles. The van der Waals surface area contributed by atoms with Crippen LogP contribution in [0.3, 0.4) is 0 Å². The molecule has 0 fully saturated rings. The van der Waals surface area contributed by atoms with E-state index < -0.39 is 0 Å². The van der Waals surface area contributed by atoms with Crippen LogP contribution in [-0.4, -0.2) is 17.5 Å². The highest BCUT2D eigenvalue weighted by atomic mass is 16.2. The van der Waals surface area contributed by atoms with Gasteiger partial charge < -0.3 is 5.32 Å².